The van der Waals surface area contributed by atoms with Crippen LogP contribution in [-0.2, 0) is 0 Å². The molecule has 5 rings (SSSR count). The van der Waals surface area contributed by atoms with E-state index in [1.54, 1.807) is 10.9 Å². The first-order chi connectivity index (χ1) is 14.0. The van der Waals surface area contributed by atoms with Crippen molar-refractivity contribution in [3.63, 3.8) is 0 Å². The minimum atomic E-state index is -0.0542. The molecule has 2 aliphatic heterocycles. The molecule has 2 aliphatic rings. The van der Waals surface area contributed by atoms with Gasteiger partial charge in [-0.3, -0.25) is 9.59 Å². The predicted molar refractivity (Wildman–Crippen MR) is 118 cm³/mol. The molecule has 2 aromatic heterocycles. The van der Waals surface area contributed by atoms with E-state index < -0.39 is 0 Å². The van der Waals surface area contributed by atoms with Gasteiger partial charge in [0.15, 0.2) is 0 Å². The fourth-order valence-electron chi connectivity index (χ4n) is 4.31. The van der Waals surface area contributed by atoms with Gasteiger partial charge in [0.25, 0.3) is 11.8 Å². The van der Waals surface area contributed by atoms with Gasteiger partial charge in [0, 0.05) is 46.1 Å². The number of nitrogens with two attached hydrogens (primary N) is 1. The summed E-state index contributed by atoms with van der Waals surface area (Å²) in [6.07, 6.45) is 0.788. The summed E-state index contributed by atoms with van der Waals surface area (Å²) < 4.78 is 2.10. The monoisotopic (exact) mass is 490 g/mol. The van der Waals surface area contributed by atoms with Gasteiger partial charge in [-0.05, 0) is 30.0 Å². The van der Waals surface area contributed by atoms with E-state index in [9.17, 15) is 9.59 Å². The summed E-state index contributed by atoms with van der Waals surface area (Å²) >= 11 is 6.41. The summed E-state index contributed by atoms with van der Waals surface area (Å²) in [5, 5.41) is 2.86. The lowest BCUT2D eigenvalue weighted by Gasteiger charge is -2.45. The second-order valence-corrected chi connectivity index (χ2v) is 10.3. The average Bonchev–Trinajstić information content (AvgIpc) is 3.40. The van der Waals surface area contributed by atoms with Crippen LogP contribution in [0.4, 0.5) is 0 Å². The molecule has 0 aliphatic carbocycles. The topological polar surface area (TPSA) is 79.5 Å². The Morgan fingerprint density at radius 3 is 2.79 bits per heavy atom. The van der Waals surface area contributed by atoms with E-state index in [4.69, 9.17) is 5.73 Å². The first-order valence-electron chi connectivity index (χ1n) is 9.44. The maximum atomic E-state index is 12.9. The highest BCUT2D eigenvalue weighted by molar-refractivity contribution is 9.10. The van der Waals surface area contributed by atoms with Crippen LogP contribution in [0.2, 0.25) is 0 Å². The molecule has 2 amide bonds. The Morgan fingerprint density at radius 2 is 2.03 bits per heavy atom. The fraction of sp³-hybridized carbons (Fsp3) is 0.350. The van der Waals surface area contributed by atoms with E-state index in [1.165, 1.54) is 22.7 Å². The lowest BCUT2D eigenvalue weighted by Crippen LogP contribution is -2.61. The molecular weight excluding hydrogens is 472 g/mol. The third-order valence-electron chi connectivity index (χ3n) is 5.79. The average molecular weight is 491 g/mol. The van der Waals surface area contributed by atoms with E-state index in [0.29, 0.717) is 25.3 Å². The van der Waals surface area contributed by atoms with Gasteiger partial charge < -0.3 is 15.5 Å². The Labute approximate surface area is 184 Å². The molecule has 0 spiro atoms. The number of carbonyl (C=O) groups is 2. The molecule has 0 saturated carbocycles. The summed E-state index contributed by atoms with van der Waals surface area (Å²) in [6, 6.07) is 7.91. The number of hydrogen-bond donors (Lipinski definition) is 1. The molecule has 2 unspecified atom stereocenters. The summed E-state index contributed by atoms with van der Waals surface area (Å²) in [6.45, 7) is 1.92. The molecule has 150 valence electrons. The number of thiazole rings is 1. The molecule has 1 aromatic carbocycles. The highest BCUT2D eigenvalue weighted by Gasteiger charge is 2.46. The van der Waals surface area contributed by atoms with Crippen molar-refractivity contribution in [3.05, 3.63) is 50.2 Å². The molecule has 2 fully saturated rings. The van der Waals surface area contributed by atoms with Crippen molar-refractivity contribution in [2.75, 3.05) is 19.6 Å². The van der Waals surface area contributed by atoms with E-state index in [1.807, 2.05) is 34.1 Å². The number of benzene rings is 1. The van der Waals surface area contributed by atoms with Crippen molar-refractivity contribution >= 4 is 60.5 Å². The van der Waals surface area contributed by atoms with Crippen LogP contribution in [0.5, 0.6) is 0 Å². The maximum absolute atomic E-state index is 12.9. The molecule has 6 nitrogen and oxygen atoms in total. The maximum Gasteiger partial charge on any atom is 0.273 e. The van der Waals surface area contributed by atoms with Crippen molar-refractivity contribution in [1.82, 2.24) is 14.8 Å². The van der Waals surface area contributed by atoms with E-state index in [2.05, 4.69) is 20.9 Å². The number of aromatic nitrogens is 1. The normalized spacial score (nSPS) is 22.3. The van der Waals surface area contributed by atoms with Gasteiger partial charge in [-0.25, -0.2) is 4.98 Å². The van der Waals surface area contributed by atoms with Crippen LogP contribution in [0.15, 0.2) is 39.6 Å². The molecule has 3 aromatic rings. The van der Waals surface area contributed by atoms with Crippen molar-refractivity contribution in [1.29, 1.82) is 0 Å². The van der Waals surface area contributed by atoms with Gasteiger partial charge in [0.05, 0.1) is 16.4 Å². The first-order valence-corrected chi connectivity index (χ1v) is 12.0. The number of carbonyl (C=O) groups excluding carboxylic acids is 2. The van der Waals surface area contributed by atoms with Crippen LogP contribution >= 0.6 is 38.6 Å². The third kappa shape index (κ3) is 3.39. The molecule has 2 atom stereocenters. The van der Waals surface area contributed by atoms with Crippen LogP contribution in [0.3, 0.4) is 0 Å². The standard InChI is InChI=1S/C20H19BrN4O2S2/c21-13-2-1-11-5-17(29-16(11)6-13)20(27)24-7-12(8-24)18-14(22)3-4-25(18)19(26)15-9-28-10-23-15/h1-2,5-6,9-10,12,14,18H,3-4,7-8,22H2. The van der Waals surface area contributed by atoms with Crippen LogP contribution in [0.1, 0.15) is 26.6 Å². The number of nitrogens with zero attached hydrogens (tertiary/aromatic N) is 3. The Hall–Kier alpha value is -1.81. The predicted octanol–water partition coefficient (Wildman–Crippen LogP) is 3.43. The van der Waals surface area contributed by atoms with E-state index in [0.717, 1.165) is 25.9 Å². The zero-order chi connectivity index (χ0) is 20.1. The van der Waals surface area contributed by atoms with Crippen molar-refractivity contribution < 1.29 is 9.59 Å². The molecule has 0 radical (unpaired) electrons. The van der Waals surface area contributed by atoms with Crippen LogP contribution < -0.4 is 5.73 Å². The number of fused-ring (bicyclic) bond motifs is 1. The lowest BCUT2D eigenvalue weighted by atomic mass is 9.87. The number of likely N-dealkylation sites (tertiary alicyclic amines) is 2. The zero-order valence-electron chi connectivity index (χ0n) is 15.5. The second-order valence-electron chi connectivity index (χ2n) is 7.58. The number of hydrogen-bond acceptors (Lipinski definition) is 6. The van der Waals surface area contributed by atoms with E-state index >= 15 is 0 Å². The fourth-order valence-corrected chi connectivity index (χ4v) is 6.41. The lowest BCUT2D eigenvalue weighted by molar-refractivity contribution is 0.0246. The van der Waals surface area contributed by atoms with Gasteiger partial charge in [0.2, 0.25) is 0 Å². The second kappa shape index (κ2) is 7.46. The molecular formula is C20H19BrN4O2S2. The van der Waals surface area contributed by atoms with Gasteiger partial charge in [-0.15, -0.1) is 22.7 Å². The highest BCUT2D eigenvalue weighted by atomic mass is 79.9. The Kier molecular flexibility index (Phi) is 4.93. The highest BCUT2D eigenvalue weighted by Crippen LogP contribution is 2.34. The van der Waals surface area contributed by atoms with Gasteiger partial charge in [0.1, 0.15) is 5.69 Å². The van der Waals surface area contributed by atoms with Crippen LogP contribution in [0.25, 0.3) is 10.1 Å². The smallest absolute Gasteiger partial charge is 0.273 e. The summed E-state index contributed by atoms with van der Waals surface area (Å²) in [7, 11) is 0. The van der Waals surface area contributed by atoms with Crippen molar-refractivity contribution in [2.45, 2.75) is 18.5 Å². The SMILES string of the molecule is NC1CCN(C(=O)c2cscn2)C1C1CN(C(=O)c2cc3ccc(Br)cc3s2)C1. The Balaban J connectivity index is 1.28. The number of halogens is 1. The third-order valence-corrected chi connectivity index (χ3v) is 7.95. The summed E-state index contributed by atoms with van der Waals surface area (Å²) in [5.41, 5.74) is 8.51. The summed E-state index contributed by atoms with van der Waals surface area (Å²) in [4.78, 5) is 34.4. The van der Waals surface area contributed by atoms with Gasteiger partial charge in [-0.1, -0.05) is 22.0 Å². The van der Waals surface area contributed by atoms with Crippen LogP contribution in [-0.4, -0.2) is 58.3 Å². The van der Waals surface area contributed by atoms with Crippen molar-refractivity contribution in [2.24, 2.45) is 11.7 Å². The number of thiophene rings is 1. The molecule has 0 bridgehead atoms. The first kappa shape index (κ1) is 19.2. The molecule has 2 saturated heterocycles. The summed E-state index contributed by atoms with van der Waals surface area (Å²) in [5.74, 6) is 0.217. The van der Waals surface area contributed by atoms with E-state index in [-0.39, 0.29) is 29.8 Å². The zero-order valence-corrected chi connectivity index (χ0v) is 18.7. The quantitative estimate of drug-likeness (QED) is 0.609. The van der Waals surface area contributed by atoms with Gasteiger partial charge in [-0.2, -0.15) is 0 Å². The minimum absolute atomic E-state index is 0.0355. The molecule has 29 heavy (non-hydrogen) atoms. The minimum Gasteiger partial charge on any atom is -0.337 e. The van der Waals surface area contributed by atoms with Crippen LogP contribution in [0, 0.1) is 5.92 Å². The molecule has 4 heterocycles. The Morgan fingerprint density at radius 1 is 1.21 bits per heavy atom. The molecule has 9 heteroatoms. The van der Waals surface area contributed by atoms with Crippen molar-refractivity contribution in [3.8, 4) is 0 Å². The van der Waals surface area contributed by atoms with Gasteiger partial charge >= 0.3 is 0 Å². The molecule has 2 N–H and O–H groups in total. The number of rotatable bonds is 3. The Bertz CT molecular complexity index is 1080. The number of amides is 2. The largest absolute Gasteiger partial charge is 0.337 e.